The first-order valence-corrected chi connectivity index (χ1v) is 13.4. The van der Waals surface area contributed by atoms with E-state index in [-0.39, 0.29) is 41.1 Å². The first-order chi connectivity index (χ1) is 19.3. The summed E-state index contributed by atoms with van der Waals surface area (Å²) in [6, 6.07) is 12.1. The highest BCUT2D eigenvalue weighted by Crippen LogP contribution is 2.29. The van der Waals surface area contributed by atoms with Gasteiger partial charge in [0, 0.05) is 31.3 Å². The third-order valence-electron chi connectivity index (χ3n) is 7.10. The molecular formula is C30H31F3N4O3. The molecule has 0 amide bonds. The van der Waals surface area contributed by atoms with E-state index in [1.165, 1.54) is 28.8 Å². The van der Waals surface area contributed by atoms with Gasteiger partial charge >= 0.3 is 0 Å². The fourth-order valence-corrected chi connectivity index (χ4v) is 5.08. The second kappa shape index (κ2) is 12.1. The maximum Gasteiger partial charge on any atom is 0.261 e. The second-order valence-electron chi connectivity index (χ2n) is 10.2. The van der Waals surface area contributed by atoms with Crippen molar-refractivity contribution < 1.29 is 22.6 Å². The van der Waals surface area contributed by atoms with Crippen molar-refractivity contribution >= 4 is 10.9 Å². The minimum absolute atomic E-state index is 0.152. The molecular weight excluding hydrogens is 521 g/mol. The van der Waals surface area contributed by atoms with E-state index >= 15 is 4.39 Å². The molecule has 1 aliphatic heterocycles. The van der Waals surface area contributed by atoms with Gasteiger partial charge in [-0.1, -0.05) is 0 Å². The summed E-state index contributed by atoms with van der Waals surface area (Å²) in [5.74, 6) is -0.00507. The van der Waals surface area contributed by atoms with Crippen LogP contribution in [0, 0.1) is 17.6 Å². The molecule has 3 heterocycles. The molecule has 0 aliphatic carbocycles. The Hall–Kier alpha value is -3.92. The van der Waals surface area contributed by atoms with Crippen LogP contribution in [0.15, 0.2) is 59.5 Å². The highest BCUT2D eigenvalue weighted by atomic mass is 19.1. The number of piperidine rings is 1. The Morgan fingerprint density at radius 3 is 2.62 bits per heavy atom. The normalized spacial score (nSPS) is 16.0. The molecule has 5 rings (SSSR count). The van der Waals surface area contributed by atoms with E-state index in [1.807, 2.05) is 0 Å². The molecule has 0 N–H and O–H groups in total. The molecule has 1 fully saturated rings. The molecule has 1 saturated heterocycles. The number of nitrogens with zero attached hydrogens (tertiary/aromatic N) is 4. The number of pyridine rings is 1. The van der Waals surface area contributed by atoms with Crippen molar-refractivity contribution in [2.45, 2.75) is 39.3 Å². The van der Waals surface area contributed by atoms with Crippen LogP contribution in [0.2, 0.25) is 0 Å². The molecule has 0 saturated carbocycles. The van der Waals surface area contributed by atoms with Crippen molar-refractivity contribution in [3.05, 3.63) is 76.7 Å². The number of hydrogen-bond donors (Lipinski definition) is 0. The molecule has 0 unspecified atom stereocenters. The van der Waals surface area contributed by atoms with Gasteiger partial charge < -0.3 is 14.4 Å². The van der Waals surface area contributed by atoms with Crippen LogP contribution in [0.1, 0.15) is 26.7 Å². The summed E-state index contributed by atoms with van der Waals surface area (Å²) in [5.41, 5.74) is 0.204. The summed E-state index contributed by atoms with van der Waals surface area (Å²) in [4.78, 5) is 25.0. The lowest BCUT2D eigenvalue weighted by atomic mass is 9.96. The number of likely N-dealkylation sites (tertiary alicyclic amines) is 1. The number of fused-ring (bicyclic) bond motifs is 1. The molecule has 40 heavy (non-hydrogen) atoms. The quantitative estimate of drug-likeness (QED) is 0.254. The Morgan fingerprint density at radius 2 is 1.90 bits per heavy atom. The van der Waals surface area contributed by atoms with Gasteiger partial charge in [-0.25, -0.2) is 23.1 Å². The summed E-state index contributed by atoms with van der Waals surface area (Å²) in [6.45, 7) is 5.62. The van der Waals surface area contributed by atoms with Crippen molar-refractivity contribution in [2.75, 3.05) is 26.4 Å². The van der Waals surface area contributed by atoms with Gasteiger partial charge in [0.25, 0.3) is 5.56 Å². The van der Waals surface area contributed by atoms with Crippen LogP contribution in [0.25, 0.3) is 22.3 Å². The van der Waals surface area contributed by atoms with E-state index in [0.717, 1.165) is 32.1 Å². The maximum absolute atomic E-state index is 15.4. The third-order valence-corrected chi connectivity index (χ3v) is 7.10. The summed E-state index contributed by atoms with van der Waals surface area (Å²) in [6.07, 6.45) is 2.99. The Balaban J connectivity index is 1.57. The smallest absolute Gasteiger partial charge is 0.261 e. The zero-order valence-electron chi connectivity index (χ0n) is 22.4. The Labute approximate surface area is 230 Å². The van der Waals surface area contributed by atoms with Crippen LogP contribution >= 0.6 is 0 Å². The van der Waals surface area contributed by atoms with Crippen molar-refractivity contribution in [1.82, 2.24) is 19.4 Å². The SMILES string of the molecule is CC(C)N1CCC[C@H](Cn2c(-c3ccc(OCCF)cc3F)nc3ccc(Oc4ccc(F)cn4)cc3c2=O)C1. The molecule has 1 atom stereocenters. The fourth-order valence-electron chi connectivity index (χ4n) is 5.08. The highest BCUT2D eigenvalue weighted by molar-refractivity contribution is 5.81. The molecule has 2 aromatic heterocycles. The van der Waals surface area contributed by atoms with Crippen molar-refractivity contribution in [2.24, 2.45) is 5.92 Å². The molecule has 210 valence electrons. The zero-order chi connectivity index (χ0) is 28.2. The van der Waals surface area contributed by atoms with Crippen LogP contribution in [0.4, 0.5) is 13.2 Å². The molecule has 2 aromatic carbocycles. The summed E-state index contributed by atoms with van der Waals surface area (Å²) >= 11 is 0. The van der Waals surface area contributed by atoms with Gasteiger partial charge in [0.1, 0.15) is 42.2 Å². The number of aromatic nitrogens is 3. The highest BCUT2D eigenvalue weighted by Gasteiger charge is 2.25. The molecule has 0 bridgehead atoms. The number of hydrogen-bond acceptors (Lipinski definition) is 6. The molecule has 4 aromatic rings. The number of alkyl halides is 1. The van der Waals surface area contributed by atoms with E-state index in [9.17, 15) is 13.6 Å². The van der Waals surface area contributed by atoms with Gasteiger partial charge in [0.05, 0.1) is 22.7 Å². The number of rotatable bonds is 9. The van der Waals surface area contributed by atoms with Crippen molar-refractivity contribution in [3.63, 3.8) is 0 Å². The summed E-state index contributed by atoms with van der Waals surface area (Å²) < 4.78 is 53.7. The average molecular weight is 553 g/mol. The average Bonchev–Trinajstić information content (AvgIpc) is 2.95. The molecule has 10 heteroatoms. The van der Waals surface area contributed by atoms with E-state index in [2.05, 4.69) is 23.7 Å². The molecule has 7 nitrogen and oxygen atoms in total. The van der Waals surface area contributed by atoms with E-state index < -0.39 is 18.3 Å². The first-order valence-electron chi connectivity index (χ1n) is 13.4. The fraction of sp³-hybridized carbons (Fsp3) is 0.367. The predicted octanol–water partition coefficient (Wildman–Crippen LogP) is 6.00. The summed E-state index contributed by atoms with van der Waals surface area (Å²) in [7, 11) is 0. The van der Waals surface area contributed by atoms with E-state index in [4.69, 9.17) is 14.5 Å². The van der Waals surface area contributed by atoms with Crippen LogP contribution in [0.5, 0.6) is 17.4 Å². The Morgan fingerprint density at radius 1 is 1.07 bits per heavy atom. The first kappa shape index (κ1) is 27.6. The Kier molecular flexibility index (Phi) is 8.35. The largest absolute Gasteiger partial charge is 0.491 e. The third kappa shape index (κ3) is 6.12. The van der Waals surface area contributed by atoms with Gasteiger partial charge in [0.15, 0.2) is 0 Å². The monoisotopic (exact) mass is 552 g/mol. The van der Waals surface area contributed by atoms with E-state index in [1.54, 1.807) is 24.3 Å². The van der Waals surface area contributed by atoms with Gasteiger partial charge in [0.2, 0.25) is 5.88 Å². The minimum Gasteiger partial charge on any atom is -0.491 e. The van der Waals surface area contributed by atoms with E-state index in [0.29, 0.717) is 29.2 Å². The number of benzene rings is 2. The predicted molar refractivity (Wildman–Crippen MR) is 147 cm³/mol. The van der Waals surface area contributed by atoms with Gasteiger partial charge in [-0.3, -0.25) is 9.36 Å². The van der Waals surface area contributed by atoms with Gasteiger partial charge in [-0.15, -0.1) is 0 Å². The van der Waals surface area contributed by atoms with Crippen LogP contribution in [-0.4, -0.2) is 51.8 Å². The topological polar surface area (TPSA) is 69.5 Å². The van der Waals surface area contributed by atoms with Gasteiger partial charge in [-0.05, 0) is 75.5 Å². The van der Waals surface area contributed by atoms with Crippen molar-refractivity contribution in [1.29, 1.82) is 0 Å². The Bertz CT molecular complexity index is 1540. The molecule has 1 aliphatic rings. The number of ether oxygens (including phenoxy) is 2. The molecule has 0 radical (unpaired) electrons. The van der Waals surface area contributed by atoms with Crippen molar-refractivity contribution in [3.8, 4) is 28.8 Å². The van der Waals surface area contributed by atoms with Gasteiger partial charge in [-0.2, -0.15) is 0 Å². The van der Waals surface area contributed by atoms with Crippen LogP contribution < -0.4 is 15.0 Å². The standard InChI is InChI=1S/C30H31F3N4O3/c1-19(2)36-12-3-4-20(17-36)18-37-29(24-8-6-22(15-26(24)33)39-13-11-31)35-27-9-7-23(14-25(27)30(37)38)40-28-10-5-21(32)16-34-28/h5-10,14-16,19-20H,3-4,11-13,17-18H2,1-2H3/t20-/m0/s1. The maximum atomic E-state index is 15.4. The van der Waals surface area contributed by atoms with Crippen LogP contribution in [-0.2, 0) is 6.54 Å². The van der Waals surface area contributed by atoms with Crippen LogP contribution in [0.3, 0.4) is 0 Å². The lowest BCUT2D eigenvalue weighted by Crippen LogP contribution is -2.42. The minimum atomic E-state index is -0.688. The summed E-state index contributed by atoms with van der Waals surface area (Å²) in [5, 5.41) is 0.309. The zero-order valence-corrected chi connectivity index (χ0v) is 22.4. The number of halogens is 3. The lowest BCUT2D eigenvalue weighted by Gasteiger charge is -2.35. The second-order valence-corrected chi connectivity index (χ2v) is 10.2. The molecule has 0 spiro atoms. The lowest BCUT2D eigenvalue weighted by molar-refractivity contribution is 0.130.